The lowest BCUT2D eigenvalue weighted by Crippen LogP contribution is -1.99. The number of nitrogens with one attached hydrogen (secondary N) is 4. The van der Waals surface area contributed by atoms with Gasteiger partial charge in [0.2, 0.25) is 0 Å². The maximum absolute atomic E-state index is 11.8. The minimum atomic E-state index is -0.130. The number of H-pyrrole nitrogens is 3. The van der Waals surface area contributed by atoms with Gasteiger partial charge in [-0.1, -0.05) is 30.3 Å². The normalized spacial score (nSPS) is 13.5. The van der Waals surface area contributed by atoms with Crippen LogP contribution in [0, 0.1) is 0 Å². The highest BCUT2D eigenvalue weighted by Crippen LogP contribution is 2.39. The predicted molar refractivity (Wildman–Crippen MR) is 124 cm³/mol. The van der Waals surface area contributed by atoms with E-state index in [2.05, 4.69) is 25.7 Å². The van der Waals surface area contributed by atoms with Crippen molar-refractivity contribution in [2.24, 2.45) is 0 Å². The second kappa shape index (κ2) is 7.69. The molecule has 32 heavy (non-hydrogen) atoms. The fourth-order valence-corrected chi connectivity index (χ4v) is 4.42. The molecule has 0 bridgehead atoms. The first-order valence-electron chi connectivity index (χ1n) is 10.4. The zero-order chi connectivity index (χ0) is 21.5. The third kappa shape index (κ3) is 3.78. The van der Waals surface area contributed by atoms with Gasteiger partial charge < -0.3 is 5.32 Å². The molecule has 8 nitrogen and oxygen atoms in total. The van der Waals surface area contributed by atoms with Crippen LogP contribution in [0.25, 0.3) is 22.2 Å². The summed E-state index contributed by atoms with van der Waals surface area (Å²) in [5.74, 6) is 2.02. The van der Waals surface area contributed by atoms with Crippen LogP contribution in [0.1, 0.15) is 24.5 Å². The van der Waals surface area contributed by atoms with Crippen molar-refractivity contribution >= 4 is 34.3 Å². The maximum Gasteiger partial charge on any atom is 0.271 e. The monoisotopic (exact) mass is 441 g/mol. The smallest absolute Gasteiger partial charge is 0.271 e. The van der Waals surface area contributed by atoms with Gasteiger partial charge in [-0.3, -0.25) is 20.1 Å². The van der Waals surface area contributed by atoms with E-state index in [0.29, 0.717) is 22.3 Å². The van der Waals surface area contributed by atoms with Crippen molar-refractivity contribution in [1.29, 1.82) is 0 Å². The Labute approximate surface area is 186 Å². The molecule has 0 aliphatic heterocycles. The maximum atomic E-state index is 11.8. The quantitative estimate of drug-likeness (QED) is 0.281. The Kier molecular flexibility index (Phi) is 4.53. The topological polar surface area (TPSA) is 115 Å². The molecule has 1 aliphatic rings. The number of rotatable bonds is 6. The Bertz CT molecular complexity index is 1470. The molecule has 158 valence electrons. The molecule has 3 aromatic heterocycles. The van der Waals surface area contributed by atoms with Crippen molar-refractivity contribution in [3.05, 3.63) is 76.7 Å². The van der Waals surface area contributed by atoms with Crippen LogP contribution in [0.2, 0.25) is 0 Å². The van der Waals surface area contributed by atoms with Crippen LogP contribution < -0.4 is 10.9 Å². The fourth-order valence-electron chi connectivity index (χ4n) is 3.61. The zero-order valence-electron chi connectivity index (χ0n) is 16.9. The number of hydrogen-bond acceptors (Lipinski definition) is 6. The minimum absolute atomic E-state index is 0.130. The van der Waals surface area contributed by atoms with E-state index >= 15 is 0 Å². The van der Waals surface area contributed by atoms with E-state index in [9.17, 15) is 4.79 Å². The summed E-state index contributed by atoms with van der Waals surface area (Å²) >= 11 is 1.44. The van der Waals surface area contributed by atoms with Crippen LogP contribution in [0.3, 0.4) is 0 Å². The Morgan fingerprint density at radius 3 is 2.66 bits per heavy atom. The summed E-state index contributed by atoms with van der Waals surface area (Å²) in [5, 5.41) is 17.5. The van der Waals surface area contributed by atoms with E-state index in [-0.39, 0.29) is 5.56 Å². The molecule has 1 fully saturated rings. The molecule has 1 saturated carbocycles. The van der Waals surface area contributed by atoms with Crippen molar-refractivity contribution in [3.8, 4) is 11.3 Å². The third-order valence-corrected chi connectivity index (χ3v) is 6.26. The molecule has 9 heteroatoms. The molecule has 0 amide bonds. The van der Waals surface area contributed by atoms with Crippen molar-refractivity contribution < 1.29 is 0 Å². The Hall–Kier alpha value is -3.85. The SMILES string of the molecule is O=c1[nH][nH]c2cc(Sc3nc(Nc4cc(C5CC5)[nH]n4)cc(-c4ccccc4)n3)ccc12. The van der Waals surface area contributed by atoms with Crippen LogP contribution in [0.4, 0.5) is 11.6 Å². The summed E-state index contributed by atoms with van der Waals surface area (Å²) < 4.78 is 0. The van der Waals surface area contributed by atoms with Crippen molar-refractivity contribution in [2.75, 3.05) is 5.32 Å². The molecule has 0 unspecified atom stereocenters. The van der Waals surface area contributed by atoms with Gasteiger partial charge in [0.05, 0.1) is 16.6 Å². The molecular weight excluding hydrogens is 422 g/mol. The van der Waals surface area contributed by atoms with Gasteiger partial charge in [-0.25, -0.2) is 9.97 Å². The summed E-state index contributed by atoms with van der Waals surface area (Å²) in [5.41, 5.74) is 3.61. The highest BCUT2D eigenvalue weighted by atomic mass is 32.2. The van der Waals surface area contributed by atoms with E-state index in [0.717, 1.165) is 33.2 Å². The van der Waals surface area contributed by atoms with E-state index in [1.165, 1.54) is 24.6 Å². The van der Waals surface area contributed by atoms with Crippen molar-refractivity contribution in [1.82, 2.24) is 30.4 Å². The largest absolute Gasteiger partial charge is 0.323 e. The van der Waals surface area contributed by atoms with Gasteiger partial charge in [0.15, 0.2) is 11.0 Å². The molecule has 0 radical (unpaired) electrons. The first-order valence-corrected chi connectivity index (χ1v) is 11.2. The van der Waals surface area contributed by atoms with E-state index in [1.54, 1.807) is 6.07 Å². The first-order chi connectivity index (χ1) is 15.7. The minimum Gasteiger partial charge on any atom is -0.323 e. The standard InChI is InChI=1S/C23H19N7OS/c31-22-16-9-8-15(10-19(16)28-30-22)32-23-24-17(13-4-2-1-3-5-13)11-20(26-23)25-21-12-18(27-29-21)14-6-7-14/h1-5,8-12,14H,6-7H2,(H2,28,30,31)(H2,24,25,26,27,29). The van der Waals surface area contributed by atoms with Gasteiger partial charge in [-0.2, -0.15) is 5.10 Å². The van der Waals surface area contributed by atoms with Crippen LogP contribution >= 0.6 is 11.8 Å². The van der Waals surface area contributed by atoms with Crippen LogP contribution in [0.15, 0.2) is 75.5 Å². The van der Waals surface area contributed by atoms with Crippen LogP contribution in [-0.4, -0.2) is 30.4 Å². The van der Waals surface area contributed by atoms with E-state index in [4.69, 9.17) is 9.97 Å². The molecule has 4 N–H and O–H groups in total. The average Bonchev–Trinajstić information content (AvgIpc) is 3.46. The number of aromatic amines is 3. The molecule has 6 rings (SSSR count). The molecule has 0 atom stereocenters. The number of nitrogens with zero attached hydrogens (tertiary/aromatic N) is 3. The van der Waals surface area contributed by atoms with Gasteiger partial charge in [-0.15, -0.1) is 0 Å². The summed E-state index contributed by atoms with van der Waals surface area (Å²) in [6.45, 7) is 0. The average molecular weight is 442 g/mol. The number of aromatic nitrogens is 6. The van der Waals surface area contributed by atoms with Crippen molar-refractivity contribution in [2.45, 2.75) is 28.8 Å². The van der Waals surface area contributed by atoms with Gasteiger partial charge in [-0.05, 0) is 42.8 Å². The van der Waals surface area contributed by atoms with Gasteiger partial charge in [0.1, 0.15) is 5.82 Å². The molecule has 2 aromatic carbocycles. The van der Waals surface area contributed by atoms with Gasteiger partial charge >= 0.3 is 0 Å². The number of fused-ring (bicyclic) bond motifs is 1. The molecular formula is C23H19N7OS. The fraction of sp³-hybridized carbons (Fsp3) is 0.130. The number of anilines is 2. The molecule has 3 heterocycles. The van der Waals surface area contributed by atoms with Crippen molar-refractivity contribution in [3.63, 3.8) is 0 Å². The number of benzene rings is 2. The third-order valence-electron chi connectivity index (χ3n) is 5.40. The second-order valence-corrected chi connectivity index (χ2v) is 8.82. The Balaban J connectivity index is 1.35. The molecule has 0 spiro atoms. The lowest BCUT2D eigenvalue weighted by Gasteiger charge is -2.09. The molecule has 5 aromatic rings. The zero-order valence-corrected chi connectivity index (χ0v) is 17.7. The van der Waals surface area contributed by atoms with Gasteiger partial charge in [0, 0.05) is 34.2 Å². The Morgan fingerprint density at radius 2 is 1.81 bits per heavy atom. The lowest BCUT2D eigenvalue weighted by molar-refractivity contribution is 0.959. The van der Waals surface area contributed by atoms with E-state index in [1.807, 2.05) is 54.6 Å². The summed E-state index contributed by atoms with van der Waals surface area (Å²) in [6.07, 6.45) is 2.43. The highest BCUT2D eigenvalue weighted by molar-refractivity contribution is 7.99. The van der Waals surface area contributed by atoms with Crippen LogP contribution in [-0.2, 0) is 0 Å². The second-order valence-electron chi connectivity index (χ2n) is 7.78. The predicted octanol–water partition coefficient (Wildman–Crippen LogP) is 4.81. The molecule has 1 aliphatic carbocycles. The summed E-state index contributed by atoms with van der Waals surface area (Å²) in [4.78, 5) is 22.2. The van der Waals surface area contributed by atoms with E-state index < -0.39 is 0 Å². The Morgan fingerprint density at radius 1 is 0.938 bits per heavy atom. The first kappa shape index (κ1) is 18.9. The number of hydrogen-bond donors (Lipinski definition) is 4. The van der Waals surface area contributed by atoms with Gasteiger partial charge in [0.25, 0.3) is 5.56 Å². The summed E-state index contributed by atoms with van der Waals surface area (Å²) in [7, 11) is 0. The lowest BCUT2D eigenvalue weighted by atomic mass is 10.1. The summed E-state index contributed by atoms with van der Waals surface area (Å²) in [6, 6.07) is 19.6. The van der Waals surface area contributed by atoms with Crippen LogP contribution in [0.5, 0.6) is 0 Å². The molecule has 0 saturated heterocycles. The highest BCUT2D eigenvalue weighted by Gasteiger charge is 2.25.